The molecule has 0 aromatic heterocycles. The van der Waals surface area contributed by atoms with E-state index in [1.807, 2.05) is 0 Å². The molecule has 4 N–H and O–H groups in total. The van der Waals surface area contributed by atoms with Gasteiger partial charge in [0.05, 0.1) is 5.69 Å². The van der Waals surface area contributed by atoms with Crippen LogP contribution in [0.15, 0.2) is 23.4 Å². The van der Waals surface area contributed by atoms with Gasteiger partial charge in [-0.2, -0.15) is 0 Å². The summed E-state index contributed by atoms with van der Waals surface area (Å²) in [6.07, 6.45) is 0.372. The summed E-state index contributed by atoms with van der Waals surface area (Å²) in [7, 11) is 0. The van der Waals surface area contributed by atoms with Gasteiger partial charge in [0.25, 0.3) is 0 Å². The summed E-state index contributed by atoms with van der Waals surface area (Å²) >= 11 is 0. The van der Waals surface area contributed by atoms with Crippen molar-refractivity contribution >= 4 is 17.4 Å². The number of oxime groups is 1. The summed E-state index contributed by atoms with van der Waals surface area (Å²) in [5.41, 5.74) is 4.03. The van der Waals surface area contributed by atoms with Crippen molar-refractivity contribution in [2.24, 2.45) is 16.3 Å². The van der Waals surface area contributed by atoms with Gasteiger partial charge < -0.3 is 21.0 Å². The number of anilines is 1. The van der Waals surface area contributed by atoms with E-state index in [0.29, 0.717) is 0 Å². The summed E-state index contributed by atoms with van der Waals surface area (Å²) in [6.45, 7) is 0.491. The van der Waals surface area contributed by atoms with E-state index < -0.39 is 23.0 Å². The van der Waals surface area contributed by atoms with E-state index in [2.05, 4.69) is 10.5 Å². The van der Waals surface area contributed by atoms with Gasteiger partial charge in [-0.05, 0) is 25.0 Å². The zero-order chi connectivity index (χ0) is 15.5. The molecule has 1 fully saturated rings. The van der Waals surface area contributed by atoms with Crippen LogP contribution >= 0.6 is 0 Å². The largest absolute Gasteiger partial charge is 0.409 e. The maximum atomic E-state index is 13.6. The van der Waals surface area contributed by atoms with Crippen molar-refractivity contribution in [3.05, 3.63) is 29.8 Å². The number of amides is 1. The second-order valence-corrected chi connectivity index (χ2v) is 4.74. The van der Waals surface area contributed by atoms with Crippen LogP contribution in [0, 0.1) is 17.0 Å². The fourth-order valence-corrected chi connectivity index (χ4v) is 2.26. The molecule has 6 nitrogen and oxygen atoms in total. The lowest BCUT2D eigenvalue weighted by Crippen LogP contribution is -2.50. The van der Waals surface area contributed by atoms with Crippen LogP contribution in [0.3, 0.4) is 0 Å². The number of nitrogens with two attached hydrogens (primary N) is 1. The molecule has 2 rings (SSSR count). The number of nitrogens with one attached hydrogen (secondary N) is 1. The summed E-state index contributed by atoms with van der Waals surface area (Å²) in [6, 6.07) is 3.45. The van der Waals surface area contributed by atoms with Gasteiger partial charge in [-0.25, -0.2) is 8.78 Å². The maximum Gasteiger partial charge on any atom is 0.238 e. The lowest BCUT2D eigenvalue weighted by Gasteiger charge is -2.34. The van der Waals surface area contributed by atoms with Crippen molar-refractivity contribution < 1.29 is 23.5 Å². The van der Waals surface area contributed by atoms with Gasteiger partial charge in [0.15, 0.2) is 17.5 Å². The Labute approximate surface area is 119 Å². The van der Waals surface area contributed by atoms with E-state index >= 15 is 0 Å². The molecule has 114 valence electrons. The molecule has 1 amide bonds. The number of halogens is 2. The Balaban J connectivity index is 2.29. The summed E-state index contributed by atoms with van der Waals surface area (Å²) in [4.78, 5) is 12.4. The molecular weight excluding hydrogens is 284 g/mol. The van der Waals surface area contributed by atoms with Gasteiger partial charge >= 0.3 is 0 Å². The topological polar surface area (TPSA) is 96.9 Å². The van der Waals surface area contributed by atoms with Gasteiger partial charge in [-0.3, -0.25) is 4.79 Å². The number of carbonyl (C=O) groups is 1. The van der Waals surface area contributed by atoms with Crippen LogP contribution in [0.5, 0.6) is 0 Å². The Morgan fingerprint density at radius 1 is 1.38 bits per heavy atom. The molecule has 1 saturated heterocycles. The van der Waals surface area contributed by atoms with Crippen LogP contribution in [0.4, 0.5) is 14.5 Å². The Hall–Kier alpha value is -2.22. The molecule has 0 bridgehead atoms. The highest BCUT2D eigenvalue weighted by Gasteiger charge is 2.44. The van der Waals surface area contributed by atoms with Crippen molar-refractivity contribution in [1.29, 1.82) is 0 Å². The number of hydrogen-bond donors (Lipinski definition) is 3. The highest BCUT2D eigenvalue weighted by molar-refractivity contribution is 6.12. The Morgan fingerprint density at radius 2 is 2.05 bits per heavy atom. The van der Waals surface area contributed by atoms with Gasteiger partial charge in [-0.15, -0.1) is 0 Å². The quantitative estimate of drug-likeness (QED) is 0.340. The first-order chi connectivity index (χ1) is 10.0. The van der Waals surface area contributed by atoms with Crippen LogP contribution in [0.2, 0.25) is 0 Å². The minimum absolute atomic E-state index is 0.186. The van der Waals surface area contributed by atoms with Gasteiger partial charge in [0.1, 0.15) is 5.41 Å². The average Bonchev–Trinajstić information content (AvgIpc) is 2.51. The summed E-state index contributed by atoms with van der Waals surface area (Å²) < 4.78 is 31.9. The summed E-state index contributed by atoms with van der Waals surface area (Å²) in [5, 5.41) is 14.1. The number of amidine groups is 1. The fraction of sp³-hybridized carbons (Fsp3) is 0.385. The Morgan fingerprint density at radius 3 is 2.67 bits per heavy atom. The minimum Gasteiger partial charge on any atom is -0.409 e. The molecule has 0 saturated carbocycles. The second-order valence-electron chi connectivity index (χ2n) is 4.74. The molecule has 0 atom stereocenters. The van der Waals surface area contributed by atoms with Crippen molar-refractivity contribution in [3.8, 4) is 0 Å². The summed E-state index contributed by atoms with van der Waals surface area (Å²) in [5.74, 6) is -3.17. The van der Waals surface area contributed by atoms with Crippen molar-refractivity contribution in [2.45, 2.75) is 12.8 Å². The van der Waals surface area contributed by atoms with Crippen molar-refractivity contribution in [1.82, 2.24) is 0 Å². The van der Waals surface area contributed by atoms with E-state index in [1.165, 1.54) is 12.1 Å². The minimum atomic E-state index is -1.30. The van der Waals surface area contributed by atoms with E-state index in [4.69, 9.17) is 15.7 Å². The molecule has 0 radical (unpaired) electrons. The molecule has 8 heteroatoms. The van der Waals surface area contributed by atoms with Gasteiger partial charge in [0.2, 0.25) is 5.91 Å². The van der Waals surface area contributed by atoms with E-state index in [0.717, 1.165) is 6.07 Å². The lowest BCUT2D eigenvalue weighted by molar-refractivity contribution is -0.126. The first kappa shape index (κ1) is 15.2. The first-order valence-electron chi connectivity index (χ1n) is 6.32. The highest BCUT2D eigenvalue weighted by atomic mass is 19.2. The van der Waals surface area contributed by atoms with E-state index in [-0.39, 0.29) is 37.6 Å². The van der Waals surface area contributed by atoms with Crippen LogP contribution in [-0.4, -0.2) is 30.2 Å². The third-order valence-corrected chi connectivity index (χ3v) is 3.58. The van der Waals surface area contributed by atoms with Crippen LogP contribution < -0.4 is 11.1 Å². The van der Waals surface area contributed by atoms with Crippen molar-refractivity contribution in [3.63, 3.8) is 0 Å². The fourth-order valence-electron chi connectivity index (χ4n) is 2.26. The number of benzene rings is 1. The number of ether oxygens (including phenoxy) is 1. The zero-order valence-corrected chi connectivity index (χ0v) is 11.1. The second kappa shape index (κ2) is 6.04. The number of hydrogen-bond acceptors (Lipinski definition) is 4. The number of nitrogens with zero attached hydrogens (tertiary/aromatic N) is 1. The van der Waals surface area contributed by atoms with Gasteiger partial charge in [-0.1, -0.05) is 11.2 Å². The number of carbonyl (C=O) groups excluding carboxylic acids is 1. The molecule has 1 aliphatic heterocycles. The molecule has 0 aliphatic carbocycles. The molecule has 1 heterocycles. The van der Waals surface area contributed by atoms with Gasteiger partial charge in [0, 0.05) is 13.2 Å². The lowest BCUT2D eigenvalue weighted by atomic mass is 9.78. The van der Waals surface area contributed by atoms with Crippen LogP contribution in [0.25, 0.3) is 0 Å². The molecule has 0 spiro atoms. The van der Waals surface area contributed by atoms with Crippen molar-refractivity contribution in [2.75, 3.05) is 18.5 Å². The zero-order valence-electron chi connectivity index (χ0n) is 11.1. The molecule has 21 heavy (non-hydrogen) atoms. The molecule has 1 aromatic carbocycles. The van der Waals surface area contributed by atoms with Crippen LogP contribution in [0.1, 0.15) is 12.8 Å². The standard InChI is InChI=1S/C13H15F2N3O3/c14-8-2-1-3-9(10(8)15)17-12(19)13(11(16)18-20)4-6-21-7-5-13/h1-3,20H,4-7H2,(H2,16,18)(H,17,19). The predicted octanol–water partition coefficient (Wildman–Crippen LogP) is 1.45. The Kier molecular flexibility index (Phi) is 4.37. The predicted molar refractivity (Wildman–Crippen MR) is 70.9 cm³/mol. The highest BCUT2D eigenvalue weighted by Crippen LogP contribution is 2.33. The normalized spacial score (nSPS) is 18.3. The maximum absolute atomic E-state index is 13.6. The van der Waals surface area contributed by atoms with Crippen LogP contribution in [-0.2, 0) is 9.53 Å². The van der Waals surface area contributed by atoms with E-state index in [9.17, 15) is 13.6 Å². The molecular formula is C13H15F2N3O3. The first-order valence-corrected chi connectivity index (χ1v) is 6.32. The average molecular weight is 299 g/mol. The Bertz CT molecular complexity index is 572. The monoisotopic (exact) mass is 299 g/mol. The molecule has 0 unspecified atom stereocenters. The number of rotatable bonds is 3. The molecule has 1 aromatic rings. The molecule has 1 aliphatic rings. The van der Waals surface area contributed by atoms with E-state index in [1.54, 1.807) is 0 Å². The third kappa shape index (κ3) is 2.80. The third-order valence-electron chi connectivity index (χ3n) is 3.58. The SMILES string of the molecule is NC(=NO)C1(C(=O)Nc2cccc(F)c2F)CCOCC1. The smallest absolute Gasteiger partial charge is 0.238 e.